The van der Waals surface area contributed by atoms with Crippen LogP contribution in [0.4, 0.5) is 0 Å². The van der Waals surface area contributed by atoms with E-state index in [2.05, 4.69) is 59.5 Å². The van der Waals surface area contributed by atoms with Gasteiger partial charge in [-0.3, -0.25) is 0 Å². The highest BCUT2D eigenvalue weighted by Gasteiger charge is 2.18. The Hall–Kier alpha value is -1.79. The van der Waals surface area contributed by atoms with Crippen LogP contribution in [0.5, 0.6) is 5.75 Å². The van der Waals surface area contributed by atoms with Crippen molar-refractivity contribution in [2.75, 3.05) is 52.9 Å². The van der Waals surface area contributed by atoms with Crippen molar-refractivity contribution in [1.29, 1.82) is 0 Å². The minimum Gasteiger partial charge on any atom is -0.490 e. The predicted molar refractivity (Wildman–Crippen MR) is 125 cm³/mol. The topological polar surface area (TPSA) is 52.1 Å². The molecule has 0 unspecified atom stereocenters. The second-order valence-electron chi connectivity index (χ2n) is 8.76. The van der Waals surface area contributed by atoms with E-state index in [9.17, 15) is 0 Å². The molecule has 0 aromatic heterocycles. The van der Waals surface area contributed by atoms with Crippen LogP contribution in [-0.4, -0.2) is 74.7 Å². The molecule has 0 atom stereocenters. The number of benzene rings is 1. The molecule has 2 aliphatic rings. The number of aliphatic imine (C=N–C) groups is 1. The SMILES string of the molecule is CCNC(=NCc1ccc(C)cc1OC1CCCC1)NCCN1CCCN(C)CC1. The van der Waals surface area contributed by atoms with Gasteiger partial charge in [0.05, 0.1) is 12.6 Å². The van der Waals surface area contributed by atoms with Crippen LogP contribution in [0.1, 0.15) is 50.2 Å². The van der Waals surface area contributed by atoms with Gasteiger partial charge in [-0.1, -0.05) is 12.1 Å². The molecule has 30 heavy (non-hydrogen) atoms. The molecule has 0 bridgehead atoms. The Balaban J connectivity index is 1.54. The largest absolute Gasteiger partial charge is 0.490 e. The zero-order valence-corrected chi connectivity index (χ0v) is 19.3. The van der Waals surface area contributed by atoms with Crippen LogP contribution in [0.25, 0.3) is 0 Å². The van der Waals surface area contributed by atoms with Crippen molar-refractivity contribution < 1.29 is 4.74 Å². The monoisotopic (exact) mass is 415 g/mol. The number of hydrogen-bond donors (Lipinski definition) is 2. The fourth-order valence-electron chi connectivity index (χ4n) is 4.25. The lowest BCUT2D eigenvalue weighted by molar-refractivity contribution is 0.208. The summed E-state index contributed by atoms with van der Waals surface area (Å²) in [5, 5.41) is 6.90. The van der Waals surface area contributed by atoms with Gasteiger partial charge in [-0.05, 0) is 77.7 Å². The summed E-state index contributed by atoms with van der Waals surface area (Å²) < 4.78 is 6.34. The molecular weight excluding hydrogens is 374 g/mol. The van der Waals surface area contributed by atoms with E-state index < -0.39 is 0 Å². The molecule has 6 nitrogen and oxygen atoms in total. The van der Waals surface area contributed by atoms with E-state index in [-0.39, 0.29) is 0 Å². The molecule has 3 rings (SSSR count). The average Bonchev–Trinajstić information content (AvgIpc) is 3.15. The summed E-state index contributed by atoms with van der Waals surface area (Å²) >= 11 is 0. The summed E-state index contributed by atoms with van der Waals surface area (Å²) in [4.78, 5) is 9.82. The van der Waals surface area contributed by atoms with Crippen molar-refractivity contribution in [2.24, 2.45) is 4.99 Å². The first kappa shape index (κ1) is 22.9. The van der Waals surface area contributed by atoms with Crippen molar-refractivity contribution in [3.05, 3.63) is 29.3 Å². The highest BCUT2D eigenvalue weighted by molar-refractivity contribution is 5.79. The minimum absolute atomic E-state index is 0.369. The molecule has 168 valence electrons. The van der Waals surface area contributed by atoms with Crippen LogP contribution in [0, 0.1) is 6.92 Å². The van der Waals surface area contributed by atoms with Crippen molar-refractivity contribution in [3.63, 3.8) is 0 Å². The summed E-state index contributed by atoms with van der Waals surface area (Å²) in [6.07, 6.45) is 6.54. The number of likely N-dealkylation sites (N-methyl/N-ethyl adjacent to an activating group) is 1. The minimum atomic E-state index is 0.369. The highest BCUT2D eigenvalue weighted by Crippen LogP contribution is 2.28. The molecule has 2 fully saturated rings. The lowest BCUT2D eigenvalue weighted by atomic mass is 10.1. The molecule has 1 saturated carbocycles. The van der Waals surface area contributed by atoms with Crippen molar-refractivity contribution >= 4 is 5.96 Å². The zero-order chi connectivity index (χ0) is 21.2. The maximum Gasteiger partial charge on any atom is 0.191 e. The van der Waals surface area contributed by atoms with E-state index in [1.54, 1.807) is 0 Å². The second kappa shape index (κ2) is 12.2. The molecule has 0 spiro atoms. The van der Waals surface area contributed by atoms with Gasteiger partial charge >= 0.3 is 0 Å². The number of hydrogen-bond acceptors (Lipinski definition) is 4. The van der Waals surface area contributed by atoms with Gasteiger partial charge in [0.1, 0.15) is 5.75 Å². The zero-order valence-electron chi connectivity index (χ0n) is 19.3. The van der Waals surface area contributed by atoms with Crippen LogP contribution in [0.15, 0.2) is 23.2 Å². The van der Waals surface area contributed by atoms with E-state index in [4.69, 9.17) is 9.73 Å². The van der Waals surface area contributed by atoms with Crippen molar-refractivity contribution in [2.45, 2.75) is 58.6 Å². The Morgan fingerprint density at radius 3 is 2.73 bits per heavy atom. The summed E-state index contributed by atoms with van der Waals surface area (Å²) in [5.74, 6) is 1.90. The number of rotatable bonds is 8. The fraction of sp³-hybridized carbons (Fsp3) is 0.708. The van der Waals surface area contributed by atoms with Crippen LogP contribution < -0.4 is 15.4 Å². The standard InChI is InChI=1S/C24H41N5O/c1-4-25-24(26-12-15-29-14-7-13-28(3)16-17-29)27-19-21-11-10-20(2)18-23(21)30-22-8-5-6-9-22/h10-11,18,22H,4-9,12-17,19H2,1-3H3,(H2,25,26,27). The molecule has 1 aromatic carbocycles. The maximum absolute atomic E-state index is 6.34. The first-order chi connectivity index (χ1) is 14.6. The van der Waals surface area contributed by atoms with Gasteiger partial charge in [-0.25, -0.2) is 4.99 Å². The van der Waals surface area contributed by atoms with Crippen molar-refractivity contribution in [3.8, 4) is 5.75 Å². The molecule has 6 heteroatoms. The Morgan fingerprint density at radius 2 is 1.93 bits per heavy atom. The van der Waals surface area contributed by atoms with Gasteiger partial charge in [-0.15, -0.1) is 0 Å². The molecule has 2 N–H and O–H groups in total. The third-order valence-electron chi connectivity index (χ3n) is 6.10. The normalized spacial score (nSPS) is 19.6. The first-order valence-electron chi connectivity index (χ1n) is 11.8. The highest BCUT2D eigenvalue weighted by atomic mass is 16.5. The molecule has 1 aromatic rings. The fourth-order valence-corrected chi connectivity index (χ4v) is 4.25. The lowest BCUT2D eigenvalue weighted by Crippen LogP contribution is -2.42. The lowest BCUT2D eigenvalue weighted by Gasteiger charge is -2.21. The van der Waals surface area contributed by atoms with Crippen LogP contribution in [0.3, 0.4) is 0 Å². The van der Waals surface area contributed by atoms with Crippen molar-refractivity contribution in [1.82, 2.24) is 20.4 Å². The van der Waals surface area contributed by atoms with Gasteiger partial charge in [0.15, 0.2) is 5.96 Å². The van der Waals surface area contributed by atoms with E-state index >= 15 is 0 Å². The van der Waals surface area contributed by atoms with Gasteiger partial charge in [0.25, 0.3) is 0 Å². The Morgan fingerprint density at radius 1 is 1.10 bits per heavy atom. The van der Waals surface area contributed by atoms with E-state index in [1.165, 1.54) is 56.3 Å². The van der Waals surface area contributed by atoms with Gasteiger partial charge in [0, 0.05) is 38.3 Å². The summed E-state index contributed by atoms with van der Waals surface area (Å²) in [7, 11) is 2.22. The number of aryl methyl sites for hydroxylation is 1. The first-order valence-corrected chi connectivity index (χ1v) is 11.8. The molecule has 1 aliphatic heterocycles. The maximum atomic E-state index is 6.34. The van der Waals surface area contributed by atoms with E-state index in [0.717, 1.165) is 44.4 Å². The van der Waals surface area contributed by atoms with Gasteiger partial charge in [0.2, 0.25) is 0 Å². The van der Waals surface area contributed by atoms with Crippen LogP contribution >= 0.6 is 0 Å². The summed E-state index contributed by atoms with van der Waals surface area (Å²) in [5.41, 5.74) is 2.41. The molecule has 0 radical (unpaired) electrons. The number of nitrogens with one attached hydrogen (secondary N) is 2. The third-order valence-corrected chi connectivity index (χ3v) is 6.10. The third kappa shape index (κ3) is 7.47. The molecule has 1 saturated heterocycles. The summed E-state index contributed by atoms with van der Waals surface area (Å²) in [6.45, 7) is 12.4. The predicted octanol–water partition coefficient (Wildman–Crippen LogP) is 3.01. The Labute approximate surface area is 183 Å². The Bertz CT molecular complexity index is 672. The van der Waals surface area contributed by atoms with E-state index in [1.807, 2.05) is 0 Å². The van der Waals surface area contributed by atoms with Gasteiger partial charge in [-0.2, -0.15) is 0 Å². The van der Waals surface area contributed by atoms with E-state index in [0.29, 0.717) is 12.6 Å². The molecular formula is C24H41N5O. The smallest absolute Gasteiger partial charge is 0.191 e. The second-order valence-corrected chi connectivity index (χ2v) is 8.76. The number of guanidine groups is 1. The molecule has 1 aliphatic carbocycles. The number of nitrogens with zero attached hydrogens (tertiary/aromatic N) is 3. The Kier molecular flexibility index (Phi) is 9.27. The van der Waals surface area contributed by atoms with Crippen LogP contribution in [-0.2, 0) is 6.54 Å². The number of ether oxygens (including phenoxy) is 1. The van der Waals surface area contributed by atoms with Gasteiger partial charge < -0.3 is 25.2 Å². The molecule has 0 amide bonds. The quantitative estimate of drug-likeness (QED) is 0.505. The molecule has 1 heterocycles. The summed E-state index contributed by atoms with van der Waals surface area (Å²) in [6, 6.07) is 6.49. The average molecular weight is 416 g/mol. The van der Waals surface area contributed by atoms with Crippen LogP contribution in [0.2, 0.25) is 0 Å².